The molecule has 0 amide bonds. The first kappa shape index (κ1) is 56.0. The summed E-state index contributed by atoms with van der Waals surface area (Å²) >= 11 is 0. The first-order chi connectivity index (χ1) is 28.1. The summed E-state index contributed by atoms with van der Waals surface area (Å²) in [5.41, 5.74) is 0. The molecular formula is C41H80O16P2. The molecule has 8 unspecified atom stereocenters. The first-order valence-electron chi connectivity index (χ1n) is 22.6. The highest BCUT2D eigenvalue weighted by Gasteiger charge is 2.54. The van der Waals surface area contributed by atoms with Crippen LogP contribution in [0.1, 0.15) is 194 Å². The summed E-state index contributed by atoms with van der Waals surface area (Å²) in [5, 5.41) is 41.1. The summed E-state index contributed by atoms with van der Waals surface area (Å²) in [6, 6.07) is 0. The predicted molar refractivity (Wildman–Crippen MR) is 223 cm³/mol. The van der Waals surface area contributed by atoms with Crippen molar-refractivity contribution < 1.29 is 76.9 Å². The van der Waals surface area contributed by atoms with Gasteiger partial charge < -0.3 is 44.6 Å². The van der Waals surface area contributed by atoms with E-state index in [2.05, 4.69) is 18.4 Å². The predicted octanol–water partition coefficient (Wildman–Crippen LogP) is 7.84. The monoisotopic (exact) mass is 890 g/mol. The number of esters is 2. The number of phosphoric acid groups is 2. The second-order valence-electron chi connectivity index (χ2n) is 16.1. The van der Waals surface area contributed by atoms with E-state index < -0.39 is 83.5 Å². The van der Waals surface area contributed by atoms with Crippen LogP contribution in [0.4, 0.5) is 0 Å². The second kappa shape index (κ2) is 33.5. The topological polar surface area (TPSA) is 256 Å². The largest absolute Gasteiger partial charge is 0.472 e. The molecule has 18 heteroatoms. The van der Waals surface area contributed by atoms with E-state index in [0.29, 0.717) is 12.8 Å². The van der Waals surface area contributed by atoms with E-state index in [1.165, 1.54) is 103 Å². The Bertz CT molecular complexity index is 1170. The summed E-state index contributed by atoms with van der Waals surface area (Å²) in [5.74, 6) is -1.19. The minimum absolute atomic E-state index is 0.0517. The molecule has 16 nitrogen and oxygen atoms in total. The van der Waals surface area contributed by atoms with Crippen LogP contribution in [0.3, 0.4) is 0 Å². The van der Waals surface area contributed by atoms with Crippen molar-refractivity contribution in [3.05, 3.63) is 0 Å². The lowest BCUT2D eigenvalue weighted by Gasteiger charge is -2.43. The van der Waals surface area contributed by atoms with Crippen LogP contribution in [0.25, 0.3) is 0 Å². The third-order valence-corrected chi connectivity index (χ3v) is 12.2. The molecule has 0 bridgehead atoms. The SMILES string of the molecule is CCCCCCCCCCCCCCCC(=O)OCC(COP(=O)(O)OC1C(O)C(O)C(O)C(OP(=O)(O)O)C1O)OC(=O)CCCCCCCCCCCCCCC. The number of carbonyl (C=O) groups excluding carboxylic acids is 2. The van der Waals surface area contributed by atoms with Crippen molar-refractivity contribution in [1.82, 2.24) is 0 Å². The maximum atomic E-state index is 12.9. The number of hydrogen-bond donors (Lipinski definition) is 7. The van der Waals surface area contributed by atoms with E-state index in [1.54, 1.807) is 0 Å². The highest BCUT2D eigenvalue weighted by Crippen LogP contribution is 2.49. The summed E-state index contributed by atoms with van der Waals surface area (Å²) in [6.07, 6.45) is 15.0. The Kier molecular flexibility index (Phi) is 31.8. The Balaban J connectivity index is 2.61. The van der Waals surface area contributed by atoms with Crippen molar-refractivity contribution in [2.24, 2.45) is 0 Å². The second-order valence-corrected chi connectivity index (χ2v) is 18.7. The number of carbonyl (C=O) groups is 2. The normalized spacial score (nSPS) is 22.5. The maximum absolute atomic E-state index is 12.9. The van der Waals surface area contributed by atoms with Crippen molar-refractivity contribution >= 4 is 27.6 Å². The molecular weight excluding hydrogens is 810 g/mol. The summed E-state index contributed by atoms with van der Waals surface area (Å²) in [4.78, 5) is 54.1. The van der Waals surface area contributed by atoms with Gasteiger partial charge in [0.05, 0.1) is 6.61 Å². The molecule has 1 fully saturated rings. The van der Waals surface area contributed by atoms with E-state index in [0.717, 1.165) is 51.4 Å². The Morgan fingerprint density at radius 3 is 1.22 bits per heavy atom. The zero-order chi connectivity index (χ0) is 43.9. The fourth-order valence-corrected chi connectivity index (χ4v) is 8.68. The number of unbranched alkanes of at least 4 members (excludes halogenated alkanes) is 24. The average Bonchev–Trinajstić information content (AvgIpc) is 3.18. The van der Waals surface area contributed by atoms with Gasteiger partial charge in [0.2, 0.25) is 0 Å². The maximum Gasteiger partial charge on any atom is 0.472 e. The molecule has 0 aliphatic heterocycles. The fraction of sp³-hybridized carbons (Fsp3) is 0.951. The van der Waals surface area contributed by atoms with Gasteiger partial charge in [-0.25, -0.2) is 9.13 Å². The quantitative estimate of drug-likeness (QED) is 0.0177. The van der Waals surface area contributed by atoms with Gasteiger partial charge in [-0.1, -0.05) is 168 Å². The molecule has 0 saturated heterocycles. The minimum atomic E-state index is -5.35. The van der Waals surface area contributed by atoms with Gasteiger partial charge in [0.25, 0.3) is 0 Å². The molecule has 1 aliphatic rings. The average molecular weight is 891 g/mol. The highest BCUT2D eigenvalue weighted by atomic mass is 31.2. The Labute approximate surface area is 353 Å². The standard InChI is InChI=1S/C41H80O16P2/c1-3-5-7-9-11-13-15-17-19-21-23-25-27-29-34(42)53-31-33(55-35(43)30-28-26-24-22-20-18-16-14-12-10-8-6-4-2)32-54-59(51,52)57-41-38(46)36(44)37(45)40(39(41)47)56-58(48,49)50/h33,36-41,44-47H,3-32H2,1-2H3,(H,51,52)(H2,48,49,50). The van der Waals surface area contributed by atoms with Gasteiger partial charge >= 0.3 is 27.6 Å². The minimum Gasteiger partial charge on any atom is -0.462 e. The first-order valence-corrected chi connectivity index (χ1v) is 25.6. The van der Waals surface area contributed by atoms with Crippen LogP contribution < -0.4 is 0 Å². The van der Waals surface area contributed by atoms with Crippen molar-refractivity contribution in [2.45, 2.75) is 236 Å². The van der Waals surface area contributed by atoms with Crippen LogP contribution in [0.5, 0.6) is 0 Å². The Morgan fingerprint density at radius 1 is 0.475 bits per heavy atom. The van der Waals surface area contributed by atoms with Gasteiger partial charge in [0, 0.05) is 12.8 Å². The molecule has 8 atom stereocenters. The van der Waals surface area contributed by atoms with Gasteiger partial charge in [-0.2, -0.15) is 0 Å². The summed E-state index contributed by atoms with van der Waals surface area (Å²) < 4.78 is 49.3. The molecule has 0 spiro atoms. The zero-order valence-electron chi connectivity index (χ0n) is 36.0. The zero-order valence-corrected chi connectivity index (χ0v) is 37.7. The van der Waals surface area contributed by atoms with Gasteiger partial charge in [-0.3, -0.25) is 23.2 Å². The van der Waals surface area contributed by atoms with E-state index in [-0.39, 0.29) is 12.8 Å². The number of aliphatic hydroxyl groups excluding tert-OH is 4. The van der Waals surface area contributed by atoms with Gasteiger partial charge in [0.1, 0.15) is 43.2 Å². The van der Waals surface area contributed by atoms with Gasteiger partial charge in [-0.15, -0.1) is 0 Å². The Morgan fingerprint density at radius 2 is 0.831 bits per heavy atom. The van der Waals surface area contributed by atoms with Crippen molar-refractivity contribution in [3.8, 4) is 0 Å². The van der Waals surface area contributed by atoms with E-state index in [9.17, 15) is 44.0 Å². The van der Waals surface area contributed by atoms with Crippen LogP contribution in [0.2, 0.25) is 0 Å². The van der Waals surface area contributed by atoms with Gasteiger partial charge in [-0.05, 0) is 12.8 Å². The molecule has 1 saturated carbocycles. The lowest BCUT2D eigenvalue weighted by molar-refractivity contribution is -0.216. The molecule has 1 aliphatic carbocycles. The van der Waals surface area contributed by atoms with Crippen molar-refractivity contribution in [2.75, 3.05) is 13.2 Å². The molecule has 7 N–H and O–H groups in total. The Hall–Kier alpha value is -1.00. The van der Waals surface area contributed by atoms with Crippen molar-refractivity contribution in [3.63, 3.8) is 0 Å². The van der Waals surface area contributed by atoms with Crippen molar-refractivity contribution in [1.29, 1.82) is 0 Å². The number of ether oxygens (including phenoxy) is 2. The number of hydrogen-bond acceptors (Lipinski definition) is 13. The van der Waals surface area contributed by atoms with Crippen LogP contribution >= 0.6 is 15.6 Å². The number of aliphatic hydroxyl groups is 4. The van der Waals surface area contributed by atoms with Crippen LogP contribution in [0.15, 0.2) is 0 Å². The third kappa shape index (κ3) is 28.3. The molecule has 0 aromatic carbocycles. The van der Waals surface area contributed by atoms with E-state index in [4.69, 9.17) is 28.3 Å². The van der Waals surface area contributed by atoms with E-state index in [1.807, 2.05) is 0 Å². The number of phosphoric ester groups is 2. The smallest absolute Gasteiger partial charge is 0.462 e. The molecule has 0 aromatic heterocycles. The molecule has 59 heavy (non-hydrogen) atoms. The number of rotatable bonds is 38. The molecule has 350 valence electrons. The molecule has 0 radical (unpaired) electrons. The lowest BCUT2D eigenvalue weighted by Crippen LogP contribution is -2.64. The summed E-state index contributed by atoms with van der Waals surface area (Å²) in [7, 11) is -10.6. The van der Waals surface area contributed by atoms with Crippen LogP contribution in [0, 0.1) is 0 Å². The van der Waals surface area contributed by atoms with Crippen LogP contribution in [-0.2, 0) is 41.8 Å². The van der Waals surface area contributed by atoms with E-state index >= 15 is 0 Å². The third-order valence-electron chi connectivity index (χ3n) is 10.7. The van der Waals surface area contributed by atoms with Gasteiger partial charge in [0.15, 0.2) is 6.10 Å². The fourth-order valence-electron chi connectivity index (χ4n) is 7.14. The lowest BCUT2D eigenvalue weighted by atomic mass is 9.85. The van der Waals surface area contributed by atoms with Crippen LogP contribution in [-0.4, -0.2) is 103 Å². The summed E-state index contributed by atoms with van der Waals surface area (Å²) in [6.45, 7) is 3.11. The molecule has 0 aromatic rings. The molecule has 0 heterocycles. The highest BCUT2D eigenvalue weighted by molar-refractivity contribution is 7.47. The molecule has 1 rings (SSSR count).